The van der Waals surface area contributed by atoms with Gasteiger partial charge < -0.3 is 0 Å². The maximum absolute atomic E-state index is 12.9. The SMILES string of the molecule is CC(C)c1ccc(CN2N=N[C@@H]3C(=O)N(c4ccccc4)C(=O)[C@H]32)cc1. The highest BCUT2D eigenvalue weighted by atomic mass is 16.2. The van der Waals surface area contributed by atoms with Crippen molar-refractivity contribution in [2.75, 3.05) is 4.90 Å². The molecule has 6 nitrogen and oxygen atoms in total. The predicted molar refractivity (Wildman–Crippen MR) is 97.4 cm³/mol. The molecule has 1 fully saturated rings. The van der Waals surface area contributed by atoms with Gasteiger partial charge >= 0.3 is 0 Å². The first-order valence-electron chi connectivity index (χ1n) is 8.75. The molecule has 2 aromatic rings. The summed E-state index contributed by atoms with van der Waals surface area (Å²) in [6.07, 6.45) is 0. The molecule has 0 aliphatic carbocycles. The molecule has 2 heterocycles. The number of rotatable bonds is 4. The monoisotopic (exact) mass is 348 g/mol. The molecule has 4 rings (SSSR count). The highest BCUT2D eigenvalue weighted by Crippen LogP contribution is 2.32. The average molecular weight is 348 g/mol. The number of fused-ring (bicyclic) bond motifs is 1. The van der Waals surface area contributed by atoms with Crippen molar-refractivity contribution in [3.05, 3.63) is 65.7 Å². The Morgan fingerprint density at radius 3 is 2.31 bits per heavy atom. The van der Waals surface area contributed by atoms with Crippen molar-refractivity contribution < 1.29 is 9.59 Å². The van der Waals surface area contributed by atoms with Gasteiger partial charge in [-0.2, -0.15) is 5.11 Å². The molecule has 2 aliphatic heterocycles. The number of hydrogen-bond acceptors (Lipinski definition) is 5. The normalized spacial score (nSPS) is 21.8. The van der Waals surface area contributed by atoms with Gasteiger partial charge in [-0.05, 0) is 29.2 Å². The lowest BCUT2D eigenvalue weighted by molar-refractivity contribution is -0.123. The summed E-state index contributed by atoms with van der Waals surface area (Å²) in [6, 6.07) is 15.8. The summed E-state index contributed by atoms with van der Waals surface area (Å²) in [5.41, 5.74) is 2.87. The van der Waals surface area contributed by atoms with Gasteiger partial charge in [0.1, 0.15) is 0 Å². The maximum Gasteiger partial charge on any atom is 0.263 e. The van der Waals surface area contributed by atoms with Gasteiger partial charge in [-0.25, -0.2) is 4.90 Å². The van der Waals surface area contributed by atoms with Crippen LogP contribution in [-0.2, 0) is 16.1 Å². The topological polar surface area (TPSA) is 65.3 Å². The van der Waals surface area contributed by atoms with Gasteiger partial charge in [-0.3, -0.25) is 14.6 Å². The van der Waals surface area contributed by atoms with E-state index in [0.29, 0.717) is 18.2 Å². The van der Waals surface area contributed by atoms with Crippen molar-refractivity contribution in [3.8, 4) is 0 Å². The molecule has 1 saturated heterocycles. The molecular formula is C20H20N4O2. The zero-order valence-corrected chi connectivity index (χ0v) is 14.7. The van der Waals surface area contributed by atoms with Crippen molar-refractivity contribution in [2.24, 2.45) is 10.3 Å². The Balaban J connectivity index is 1.55. The van der Waals surface area contributed by atoms with Crippen LogP contribution >= 0.6 is 0 Å². The van der Waals surface area contributed by atoms with E-state index in [4.69, 9.17) is 0 Å². The maximum atomic E-state index is 12.9. The summed E-state index contributed by atoms with van der Waals surface area (Å²) in [5.74, 6) is -0.115. The number of hydrogen-bond donors (Lipinski definition) is 0. The van der Waals surface area contributed by atoms with Crippen molar-refractivity contribution in [1.82, 2.24) is 5.01 Å². The fourth-order valence-corrected chi connectivity index (χ4v) is 3.38. The zero-order valence-electron chi connectivity index (χ0n) is 14.7. The molecule has 2 aliphatic rings. The summed E-state index contributed by atoms with van der Waals surface area (Å²) < 4.78 is 0. The minimum atomic E-state index is -0.752. The first kappa shape index (κ1) is 16.4. The van der Waals surface area contributed by atoms with E-state index in [9.17, 15) is 9.59 Å². The number of benzene rings is 2. The van der Waals surface area contributed by atoms with E-state index < -0.39 is 12.1 Å². The number of nitrogens with zero attached hydrogens (tertiary/aromatic N) is 4. The summed E-state index contributed by atoms with van der Waals surface area (Å²) in [6.45, 7) is 4.75. The van der Waals surface area contributed by atoms with E-state index >= 15 is 0 Å². The Morgan fingerprint density at radius 1 is 0.962 bits per heavy atom. The van der Waals surface area contributed by atoms with Gasteiger partial charge in [0, 0.05) is 0 Å². The van der Waals surface area contributed by atoms with Crippen LogP contribution in [0.5, 0.6) is 0 Å². The number of amides is 2. The fraction of sp³-hybridized carbons (Fsp3) is 0.300. The molecule has 2 amide bonds. The number of anilines is 1. The molecule has 0 radical (unpaired) electrons. The first-order valence-corrected chi connectivity index (χ1v) is 8.75. The van der Waals surface area contributed by atoms with Crippen molar-refractivity contribution in [1.29, 1.82) is 0 Å². The van der Waals surface area contributed by atoms with E-state index in [1.807, 2.05) is 18.2 Å². The Hall–Kier alpha value is -3.02. The Morgan fingerprint density at radius 2 is 1.65 bits per heavy atom. The molecular weight excluding hydrogens is 328 g/mol. The molecule has 0 N–H and O–H groups in total. The number of carbonyl (C=O) groups is 2. The van der Waals surface area contributed by atoms with Gasteiger partial charge in [0.2, 0.25) is 0 Å². The van der Waals surface area contributed by atoms with Gasteiger partial charge in [0.15, 0.2) is 12.1 Å². The Kier molecular flexibility index (Phi) is 4.03. The fourth-order valence-electron chi connectivity index (χ4n) is 3.38. The van der Waals surface area contributed by atoms with Crippen LogP contribution in [0.15, 0.2) is 64.9 Å². The minimum absolute atomic E-state index is 0.269. The third-order valence-corrected chi connectivity index (χ3v) is 4.86. The van der Waals surface area contributed by atoms with Gasteiger partial charge in [-0.15, -0.1) is 0 Å². The third-order valence-electron chi connectivity index (χ3n) is 4.86. The van der Waals surface area contributed by atoms with Gasteiger partial charge in [-0.1, -0.05) is 61.5 Å². The molecule has 26 heavy (non-hydrogen) atoms. The molecule has 0 bridgehead atoms. The van der Waals surface area contributed by atoms with Crippen LogP contribution in [0.3, 0.4) is 0 Å². The van der Waals surface area contributed by atoms with Crippen LogP contribution < -0.4 is 4.90 Å². The minimum Gasteiger partial charge on any atom is -0.271 e. The smallest absolute Gasteiger partial charge is 0.263 e. The first-order chi connectivity index (χ1) is 12.6. The second-order valence-corrected chi connectivity index (χ2v) is 6.94. The lowest BCUT2D eigenvalue weighted by Gasteiger charge is -2.20. The van der Waals surface area contributed by atoms with Crippen molar-refractivity contribution >= 4 is 17.5 Å². The quantitative estimate of drug-likeness (QED) is 0.796. The number of para-hydroxylation sites is 1. The van der Waals surface area contributed by atoms with E-state index in [0.717, 1.165) is 5.56 Å². The summed E-state index contributed by atoms with van der Waals surface area (Å²) in [7, 11) is 0. The van der Waals surface area contributed by atoms with Gasteiger partial charge in [0.25, 0.3) is 11.8 Å². The second-order valence-electron chi connectivity index (χ2n) is 6.94. The highest BCUT2D eigenvalue weighted by Gasteiger charge is 2.54. The predicted octanol–water partition coefficient (Wildman–Crippen LogP) is 3.30. The molecule has 0 unspecified atom stereocenters. The Labute approximate surface area is 152 Å². The number of imide groups is 1. The van der Waals surface area contributed by atoms with Crippen molar-refractivity contribution in [2.45, 2.75) is 38.4 Å². The molecule has 0 spiro atoms. The molecule has 0 aromatic heterocycles. The van der Waals surface area contributed by atoms with E-state index in [1.54, 1.807) is 29.3 Å². The Bertz CT molecular complexity index is 861. The highest BCUT2D eigenvalue weighted by molar-refractivity contribution is 6.25. The van der Waals surface area contributed by atoms with Crippen LogP contribution in [0.1, 0.15) is 30.9 Å². The summed E-state index contributed by atoms with van der Waals surface area (Å²) >= 11 is 0. The van der Waals surface area contributed by atoms with E-state index in [-0.39, 0.29) is 11.8 Å². The third kappa shape index (κ3) is 2.67. The van der Waals surface area contributed by atoms with Crippen LogP contribution in [0.25, 0.3) is 0 Å². The molecule has 132 valence electrons. The standard InChI is InChI=1S/C20H20N4O2/c1-13(2)15-10-8-14(9-11-15)12-23-18-17(21-22-23)19(25)24(20(18)26)16-6-4-3-5-7-16/h3-11,13,17-18H,12H2,1-2H3/t17-,18-/m0/s1. The van der Waals surface area contributed by atoms with Crippen molar-refractivity contribution in [3.63, 3.8) is 0 Å². The average Bonchev–Trinajstić information content (AvgIpc) is 3.16. The van der Waals surface area contributed by atoms with Crippen LogP contribution in [0, 0.1) is 0 Å². The number of carbonyl (C=O) groups excluding carboxylic acids is 2. The molecule has 6 heteroatoms. The summed E-state index contributed by atoms with van der Waals surface area (Å²) in [4.78, 5) is 26.7. The summed E-state index contributed by atoms with van der Waals surface area (Å²) in [5, 5.41) is 9.78. The lowest BCUT2D eigenvalue weighted by Crippen LogP contribution is -2.39. The molecule has 2 aromatic carbocycles. The molecule has 0 saturated carbocycles. The lowest BCUT2D eigenvalue weighted by atomic mass is 10.0. The van der Waals surface area contributed by atoms with Gasteiger partial charge in [0.05, 0.1) is 12.2 Å². The van der Waals surface area contributed by atoms with Crippen LogP contribution in [-0.4, -0.2) is 28.9 Å². The van der Waals surface area contributed by atoms with Crippen LogP contribution in [0.2, 0.25) is 0 Å². The van der Waals surface area contributed by atoms with E-state index in [1.165, 1.54) is 10.5 Å². The largest absolute Gasteiger partial charge is 0.271 e. The molecule has 2 atom stereocenters. The zero-order chi connectivity index (χ0) is 18.3. The second kappa shape index (κ2) is 6.37. The van der Waals surface area contributed by atoms with E-state index in [2.05, 4.69) is 36.3 Å². The van der Waals surface area contributed by atoms with Crippen LogP contribution in [0.4, 0.5) is 5.69 Å².